The highest BCUT2D eigenvalue weighted by molar-refractivity contribution is 14.0. The van der Waals surface area contributed by atoms with Gasteiger partial charge in [0.1, 0.15) is 11.5 Å². The summed E-state index contributed by atoms with van der Waals surface area (Å²) in [5.41, 5.74) is 2.04. The fourth-order valence-corrected chi connectivity index (χ4v) is 3.56. The average Bonchev–Trinajstić information content (AvgIpc) is 2.72. The van der Waals surface area contributed by atoms with Gasteiger partial charge in [0, 0.05) is 56.5 Å². The van der Waals surface area contributed by atoms with E-state index in [1.807, 2.05) is 30.3 Å². The molecule has 1 saturated heterocycles. The Kier molecular flexibility index (Phi) is 9.16. The summed E-state index contributed by atoms with van der Waals surface area (Å²) >= 11 is 6.11. The van der Waals surface area contributed by atoms with Crippen molar-refractivity contribution in [2.75, 3.05) is 51.8 Å². The van der Waals surface area contributed by atoms with Gasteiger partial charge in [-0.05, 0) is 36.2 Å². The van der Waals surface area contributed by atoms with Gasteiger partial charge in [-0.25, -0.2) is 0 Å². The van der Waals surface area contributed by atoms with Crippen LogP contribution in [0, 0.1) is 0 Å². The molecule has 0 radical (unpaired) electrons. The molecule has 1 heterocycles. The van der Waals surface area contributed by atoms with Crippen molar-refractivity contribution < 1.29 is 9.84 Å². The topological polar surface area (TPSA) is 60.3 Å². The van der Waals surface area contributed by atoms with Crippen molar-refractivity contribution in [2.45, 2.75) is 6.42 Å². The van der Waals surface area contributed by atoms with Crippen LogP contribution in [0.15, 0.2) is 47.5 Å². The molecule has 8 heteroatoms. The highest BCUT2D eigenvalue weighted by atomic mass is 127. The van der Waals surface area contributed by atoms with Gasteiger partial charge in [0.2, 0.25) is 0 Å². The van der Waals surface area contributed by atoms with Gasteiger partial charge in [0.05, 0.1) is 7.11 Å². The first-order valence-corrected chi connectivity index (χ1v) is 9.80. The SMILES string of the molecule is CN=C(NCCc1ccc(OC)cc1O)N1CCN(c2cccc(Cl)c2)CC1.I. The number of hydrogen-bond acceptors (Lipinski definition) is 4. The monoisotopic (exact) mass is 530 g/mol. The number of nitrogens with zero attached hydrogens (tertiary/aromatic N) is 3. The van der Waals surface area contributed by atoms with Gasteiger partial charge in [0.15, 0.2) is 5.96 Å². The minimum Gasteiger partial charge on any atom is -0.508 e. The van der Waals surface area contributed by atoms with E-state index in [1.165, 1.54) is 0 Å². The zero-order valence-corrected chi connectivity index (χ0v) is 19.9. The van der Waals surface area contributed by atoms with E-state index in [-0.39, 0.29) is 29.7 Å². The van der Waals surface area contributed by atoms with Crippen LogP contribution in [0.4, 0.5) is 5.69 Å². The van der Waals surface area contributed by atoms with Gasteiger partial charge < -0.3 is 25.0 Å². The maximum atomic E-state index is 10.1. The molecule has 0 spiro atoms. The number of benzene rings is 2. The molecular weight excluding hydrogens is 503 g/mol. The largest absolute Gasteiger partial charge is 0.508 e. The van der Waals surface area contributed by atoms with Crippen LogP contribution in [0.2, 0.25) is 5.02 Å². The van der Waals surface area contributed by atoms with Crippen LogP contribution in [-0.2, 0) is 6.42 Å². The first-order chi connectivity index (χ1) is 13.6. The summed E-state index contributed by atoms with van der Waals surface area (Å²) in [6.07, 6.45) is 0.706. The molecule has 0 amide bonds. The van der Waals surface area contributed by atoms with Gasteiger partial charge in [-0.3, -0.25) is 4.99 Å². The second-order valence-corrected chi connectivity index (χ2v) is 7.11. The second-order valence-electron chi connectivity index (χ2n) is 6.67. The third kappa shape index (κ3) is 6.30. The van der Waals surface area contributed by atoms with Crippen molar-refractivity contribution >= 4 is 47.2 Å². The Balaban J connectivity index is 0.00000300. The third-order valence-corrected chi connectivity index (χ3v) is 5.17. The predicted molar refractivity (Wildman–Crippen MR) is 130 cm³/mol. The Bertz CT molecular complexity index is 826. The Hall–Kier alpha value is -1.87. The zero-order valence-electron chi connectivity index (χ0n) is 16.8. The quantitative estimate of drug-likeness (QED) is 0.351. The molecule has 158 valence electrons. The van der Waals surface area contributed by atoms with E-state index in [9.17, 15) is 5.11 Å². The Morgan fingerprint density at radius 2 is 1.93 bits per heavy atom. The Morgan fingerprint density at radius 3 is 2.55 bits per heavy atom. The van der Waals surface area contributed by atoms with E-state index in [0.717, 1.165) is 48.4 Å². The molecule has 0 bridgehead atoms. The number of aliphatic imine (C=N–C) groups is 1. The number of hydrogen-bond donors (Lipinski definition) is 2. The molecule has 0 unspecified atom stereocenters. The number of guanidine groups is 1. The number of rotatable bonds is 5. The standard InChI is InChI=1S/C21H27ClN4O2.HI/c1-23-21(24-9-8-16-6-7-19(28-2)15-20(16)27)26-12-10-25(11-13-26)18-5-3-4-17(22)14-18;/h3-7,14-15,27H,8-13H2,1-2H3,(H,23,24);1H. The molecule has 0 saturated carbocycles. The number of aromatic hydroxyl groups is 1. The lowest BCUT2D eigenvalue weighted by Gasteiger charge is -2.37. The first-order valence-electron chi connectivity index (χ1n) is 9.42. The molecule has 0 atom stereocenters. The number of phenolic OH excluding ortho intramolecular Hbond substituents is 1. The summed E-state index contributed by atoms with van der Waals surface area (Å²) < 4.78 is 5.12. The highest BCUT2D eigenvalue weighted by Crippen LogP contribution is 2.23. The van der Waals surface area contributed by atoms with Gasteiger partial charge >= 0.3 is 0 Å². The zero-order chi connectivity index (χ0) is 19.9. The van der Waals surface area contributed by atoms with Crippen LogP contribution in [0.1, 0.15) is 5.56 Å². The molecule has 2 aromatic rings. The fourth-order valence-electron chi connectivity index (χ4n) is 3.37. The smallest absolute Gasteiger partial charge is 0.193 e. The second kappa shape index (κ2) is 11.3. The maximum Gasteiger partial charge on any atom is 0.193 e. The average molecular weight is 531 g/mol. The molecule has 1 fully saturated rings. The summed E-state index contributed by atoms with van der Waals surface area (Å²) in [6, 6.07) is 13.4. The molecule has 0 aromatic heterocycles. The van der Waals surface area contributed by atoms with Crippen LogP contribution in [0.3, 0.4) is 0 Å². The van der Waals surface area contributed by atoms with Crippen molar-refractivity contribution in [3.8, 4) is 11.5 Å². The van der Waals surface area contributed by atoms with Gasteiger partial charge in [-0.15, -0.1) is 24.0 Å². The summed E-state index contributed by atoms with van der Waals surface area (Å²) in [4.78, 5) is 9.01. The van der Waals surface area contributed by atoms with E-state index in [0.29, 0.717) is 18.7 Å². The Morgan fingerprint density at radius 1 is 1.17 bits per heavy atom. The lowest BCUT2D eigenvalue weighted by molar-refractivity contribution is 0.372. The number of ether oxygens (including phenoxy) is 1. The number of halogens is 2. The van der Waals surface area contributed by atoms with Crippen LogP contribution < -0.4 is 15.0 Å². The minimum absolute atomic E-state index is 0. The van der Waals surface area contributed by atoms with E-state index < -0.39 is 0 Å². The molecular formula is C21H28ClIN4O2. The fraction of sp³-hybridized carbons (Fsp3) is 0.381. The summed E-state index contributed by atoms with van der Waals surface area (Å²) in [5.74, 6) is 1.80. The van der Waals surface area contributed by atoms with Crippen molar-refractivity contribution in [2.24, 2.45) is 4.99 Å². The van der Waals surface area contributed by atoms with Gasteiger partial charge in [0.25, 0.3) is 0 Å². The molecule has 1 aliphatic rings. The Labute approximate surface area is 194 Å². The summed E-state index contributed by atoms with van der Waals surface area (Å²) in [6.45, 7) is 4.31. The number of methoxy groups -OCH3 is 1. The molecule has 2 aromatic carbocycles. The van der Waals surface area contributed by atoms with Gasteiger partial charge in [-0.1, -0.05) is 23.7 Å². The van der Waals surface area contributed by atoms with Crippen LogP contribution >= 0.6 is 35.6 Å². The van der Waals surface area contributed by atoms with E-state index in [4.69, 9.17) is 16.3 Å². The molecule has 6 nitrogen and oxygen atoms in total. The highest BCUT2D eigenvalue weighted by Gasteiger charge is 2.20. The number of nitrogens with one attached hydrogen (secondary N) is 1. The molecule has 0 aliphatic carbocycles. The molecule has 29 heavy (non-hydrogen) atoms. The van der Waals surface area contributed by atoms with E-state index >= 15 is 0 Å². The maximum absolute atomic E-state index is 10.1. The van der Waals surface area contributed by atoms with Crippen molar-refractivity contribution in [1.29, 1.82) is 0 Å². The van der Waals surface area contributed by atoms with Crippen molar-refractivity contribution in [3.05, 3.63) is 53.1 Å². The molecule has 2 N–H and O–H groups in total. The lowest BCUT2D eigenvalue weighted by Crippen LogP contribution is -2.52. The molecule has 1 aliphatic heterocycles. The lowest BCUT2D eigenvalue weighted by atomic mass is 10.1. The third-order valence-electron chi connectivity index (χ3n) is 4.93. The predicted octanol–water partition coefficient (Wildman–Crippen LogP) is 3.61. The van der Waals surface area contributed by atoms with Crippen LogP contribution in [0.5, 0.6) is 11.5 Å². The normalized spacial score (nSPS) is 14.4. The van der Waals surface area contributed by atoms with Crippen molar-refractivity contribution in [3.63, 3.8) is 0 Å². The number of piperazine rings is 1. The van der Waals surface area contributed by atoms with E-state index in [1.54, 1.807) is 20.2 Å². The summed E-state index contributed by atoms with van der Waals surface area (Å²) in [5, 5.41) is 14.3. The van der Waals surface area contributed by atoms with E-state index in [2.05, 4.69) is 26.2 Å². The van der Waals surface area contributed by atoms with Crippen LogP contribution in [0.25, 0.3) is 0 Å². The minimum atomic E-state index is 0. The van der Waals surface area contributed by atoms with Crippen molar-refractivity contribution in [1.82, 2.24) is 10.2 Å². The van der Waals surface area contributed by atoms with Crippen LogP contribution in [-0.4, -0.2) is 62.8 Å². The number of phenols is 1. The summed E-state index contributed by atoms with van der Waals surface area (Å²) in [7, 11) is 3.39. The van der Waals surface area contributed by atoms with Gasteiger partial charge in [-0.2, -0.15) is 0 Å². The molecule has 3 rings (SSSR count). The number of anilines is 1. The first kappa shape index (κ1) is 23.4.